The van der Waals surface area contributed by atoms with E-state index in [9.17, 15) is 18.4 Å². The highest BCUT2D eigenvalue weighted by molar-refractivity contribution is 6.00. The topological polar surface area (TPSA) is 72.4 Å². The molecule has 0 fully saturated rings. The fourth-order valence-electron chi connectivity index (χ4n) is 2.69. The number of hydrogen-bond acceptors (Lipinski definition) is 3. The molecule has 0 bridgehead atoms. The molecule has 2 N–H and O–H groups in total. The molecule has 1 aromatic heterocycles. The third-order valence-corrected chi connectivity index (χ3v) is 4.12. The second-order valence-electron chi connectivity index (χ2n) is 6.41. The van der Waals surface area contributed by atoms with E-state index in [2.05, 4.69) is 10.7 Å². The SMILES string of the molecule is Cc1ccc(C)n1NC(=O)c1ccc(OCC(=O)Nc2cc(F)cc(F)c2)cc1. The smallest absolute Gasteiger partial charge is 0.270 e. The maximum Gasteiger partial charge on any atom is 0.270 e. The summed E-state index contributed by atoms with van der Waals surface area (Å²) < 4.78 is 33.3. The Kier molecular flexibility index (Phi) is 5.92. The van der Waals surface area contributed by atoms with Gasteiger partial charge in [0.25, 0.3) is 11.8 Å². The van der Waals surface area contributed by atoms with Crippen molar-refractivity contribution in [3.05, 3.63) is 83.2 Å². The Balaban J connectivity index is 1.55. The molecule has 3 aromatic rings. The van der Waals surface area contributed by atoms with Gasteiger partial charge in [0, 0.05) is 28.7 Å². The Hall–Kier alpha value is -3.68. The highest BCUT2D eigenvalue weighted by atomic mass is 19.1. The number of ether oxygens (including phenoxy) is 1. The second-order valence-corrected chi connectivity index (χ2v) is 6.41. The quantitative estimate of drug-likeness (QED) is 0.663. The number of nitrogens with zero attached hydrogens (tertiary/aromatic N) is 1. The summed E-state index contributed by atoms with van der Waals surface area (Å²) in [6.07, 6.45) is 0. The van der Waals surface area contributed by atoms with E-state index in [1.54, 1.807) is 28.9 Å². The molecule has 0 aliphatic carbocycles. The highest BCUT2D eigenvalue weighted by Crippen LogP contribution is 2.15. The van der Waals surface area contributed by atoms with E-state index in [-0.39, 0.29) is 18.2 Å². The molecular weight excluding hydrogens is 380 g/mol. The van der Waals surface area contributed by atoms with Crippen LogP contribution in [0.25, 0.3) is 0 Å². The molecule has 8 heteroatoms. The van der Waals surface area contributed by atoms with Crippen LogP contribution in [0.1, 0.15) is 21.7 Å². The van der Waals surface area contributed by atoms with E-state index in [4.69, 9.17) is 4.74 Å². The Bertz CT molecular complexity index is 1010. The van der Waals surface area contributed by atoms with Crippen molar-refractivity contribution in [3.63, 3.8) is 0 Å². The summed E-state index contributed by atoms with van der Waals surface area (Å²) in [6, 6.07) is 12.8. The van der Waals surface area contributed by atoms with E-state index in [1.165, 1.54) is 0 Å². The number of halogens is 2. The van der Waals surface area contributed by atoms with E-state index in [1.807, 2.05) is 26.0 Å². The van der Waals surface area contributed by atoms with Crippen molar-refractivity contribution >= 4 is 17.5 Å². The number of amides is 2. The number of hydrogen-bond donors (Lipinski definition) is 2. The first kappa shape index (κ1) is 20.1. The van der Waals surface area contributed by atoms with Gasteiger partial charge in [0.15, 0.2) is 6.61 Å². The molecular formula is C21H19F2N3O3. The molecule has 0 aliphatic heterocycles. The number of aryl methyl sites for hydroxylation is 2. The average molecular weight is 399 g/mol. The first-order valence-corrected chi connectivity index (χ1v) is 8.77. The van der Waals surface area contributed by atoms with Gasteiger partial charge in [-0.25, -0.2) is 8.78 Å². The zero-order valence-electron chi connectivity index (χ0n) is 15.8. The molecule has 3 rings (SSSR count). The van der Waals surface area contributed by atoms with E-state index >= 15 is 0 Å². The van der Waals surface area contributed by atoms with E-state index in [0.717, 1.165) is 23.5 Å². The Morgan fingerprint density at radius 1 is 0.931 bits per heavy atom. The summed E-state index contributed by atoms with van der Waals surface area (Å²) in [5.41, 5.74) is 5.02. The fourth-order valence-corrected chi connectivity index (χ4v) is 2.69. The van der Waals surface area contributed by atoms with Crippen LogP contribution in [0.2, 0.25) is 0 Å². The summed E-state index contributed by atoms with van der Waals surface area (Å²) in [6.45, 7) is 3.41. The van der Waals surface area contributed by atoms with Crippen molar-refractivity contribution in [1.29, 1.82) is 0 Å². The van der Waals surface area contributed by atoms with Crippen LogP contribution in [-0.4, -0.2) is 23.1 Å². The molecule has 150 valence electrons. The Labute approximate surface area is 166 Å². The van der Waals surface area contributed by atoms with Crippen molar-refractivity contribution < 1.29 is 23.1 Å². The minimum atomic E-state index is -0.791. The zero-order chi connectivity index (χ0) is 21.0. The van der Waals surface area contributed by atoms with Crippen molar-refractivity contribution in [2.24, 2.45) is 0 Å². The summed E-state index contributed by atoms with van der Waals surface area (Å²) in [5, 5.41) is 2.35. The normalized spacial score (nSPS) is 10.5. The van der Waals surface area contributed by atoms with Gasteiger partial charge in [0.2, 0.25) is 0 Å². The Morgan fingerprint density at radius 3 is 2.10 bits per heavy atom. The zero-order valence-corrected chi connectivity index (χ0v) is 15.8. The lowest BCUT2D eigenvalue weighted by Gasteiger charge is -2.12. The summed E-state index contributed by atoms with van der Waals surface area (Å²) >= 11 is 0. The number of nitrogens with one attached hydrogen (secondary N) is 2. The standard InChI is InChI=1S/C21H19F2N3O3/c1-13-3-4-14(2)26(13)25-21(28)15-5-7-19(8-6-15)29-12-20(27)24-18-10-16(22)9-17(23)11-18/h3-11H,12H2,1-2H3,(H,24,27)(H,25,28). The van der Waals surface area contributed by atoms with Crippen LogP contribution in [0.3, 0.4) is 0 Å². The van der Waals surface area contributed by atoms with E-state index < -0.39 is 17.5 Å². The number of aromatic nitrogens is 1. The molecule has 29 heavy (non-hydrogen) atoms. The van der Waals surface area contributed by atoms with Gasteiger partial charge in [-0.2, -0.15) is 0 Å². The van der Waals surface area contributed by atoms with Gasteiger partial charge in [-0.1, -0.05) is 0 Å². The van der Waals surface area contributed by atoms with E-state index in [0.29, 0.717) is 17.4 Å². The van der Waals surface area contributed by atoms with Crippen LogP contribution >= 0.6 is 0 Å². The van der Waals surface area contributed by atoms with Crippen LogP contribution in [0, 0.1) is 25.5 Å². The lowest BCUT2D eigenvalue weighted by molar-refractivity contribution is -0.118. The predicted octanol–water partition coefficient (Wildman–Crippen LogP) is 3.78. The summed E-state index contributed by atoms with van der Waals surface area (Å²) in [7, 11) is 0. The molecule has 0 saturated heterocycles. The van der Waals surface area contributed by atoms with Gasteiger partial charge in [0.05, 0.1) is 0 Å². The monoisotopic (exact) mass is 399 g/mol. The number of benzene rings is 2. The van der Waals surface area contributed by atoms with Crippen LogP contribution in [-0.2, 0) is 4.79 Å². The summed E-state index contributed by atoms with van der Waals surface area (Å²) in [4.78, 5) is 24.2. The molecule has 2 amide bonds. The molecule has 2 aromatic carbocycles. The molecule has 0 aliphatic rings. The van der Waals surface area contributed by atoms with Crippen molar-refractivity contribution in [3.8, 4) is 5.75 Å². The summed E-state index contributed by atoms with van der Waals surface area (Å²) in [5.74, 6) is -2.07. The van der Waals surface area contributed by atoms with Gasteiger partial charge >= 0.3 is 0 Å². The molecule has 0 spiro atoms. The minimum absolute atomic E-state index is 0.00119. The second kappa shape index (κ2) is 8.55. The average Bonchev–Trinajstić information content (AvgIpc) is 2.98. The lowest BCUT2D eigenvalue weighted by atomic mass is 10.2. The lowest BCUT2D eigenvalue weighted by Crippen LogP contribution is -2.24. The number of anilines is 1. The predicted molar refractivity (Wildman–Crippen MR) is 105 cm³/mol. The largest absolute Gasteiger partial charge is 0.484 e. The third-order valence-electron chi connectivity index (χ3n) is 4.12. The van der Waals surface area contributed by atoms with Gasteiger partial charge in [-0.3, -0.25) is 19.7 Å². The molecule has 1 heterocycles. The van der Waals surface area contributed by atoms with Crippen LogP contribution in [0.5, 0.6) is 5.75 Å². The minimum Gasteiger partial charge on any atom is -0.484 e. The first-order chi connectivity index (χ1) is 13.8. The first-order valence-electron chi connectivity index (χ1n) is 8.77. The molecule has 0 unspecified atom stereocenters. The van der Waals surface area contributed by atoms with Crippen molar-refractivity contribution in [2.75, 3.05) is 17.3 Å². The molecule has 0 radical (unpaired) electrons. The molecule has 6 nitrogen and oxygen atoms in total. The van der Waals surface area contributed by atoms with Crippen LogP contribution in [0.15, 0.2) is 54.6 Å². The van der Waals surface area contributed by atoms with Gasteiger partial charge in [0.1, 0.15) is 17.4 Å². The van der Waals surface area contributed by atoms with Gasteiger partial charge < -0.3 is 10.1 Å². The van der Waals surface area contributed by atoms with Crippen molar-refractivity contribution in [1.82, 2.24) is 4.68 Å². The van der Waals surface area contributed by atoms with Gasteiger partial charge in [-0.15, -0.1) is 0 Å². The maximum absolute atomic E-state index is 13.1. The highest BCUT2D eigenvalue weighted by Gasteiger charge is 2.10. The number of carbonyl (C=O) groups excluding carboxylic acids is 2. The maximum atomic E-state index is 13.1. The fraction of sp³-hybridized carbons (Fsp3) is 0.143. The number of rotatable bonds is 6. The van der Waals surface area contributed by atoms with Crippen LogP contribution in [0.4, 0.5) is 14.5 Å². The van der Waals surface area contributed by atoms with Crippen LogP contribution < -0.4 is 15.5 Å². The van der Waals surface area contributed by atoms with Gasteiger partial charge in [-0.05, 0) is 62.4 Å². The Morgan fingerprint density at radius 2 is 1.52 bits per heavy atom. The molecule has 0 atom stereocenters. The van der Waals surface area contributed by atoms with Crippen molar-refractivity contribution in [2.45, 2.75) is 13.8 Å². The third kappa shape index (κ3) is 5.19. The molecule has 0 saturated carbocycles. The number of carbonyl (C=O) groups is 2.